The van der Waals surface area contributed by atoms with Gasteiger partial charge in [-0.25, -0.2) is 0 Å². The molecule has 1 heterocycles. The topological polar surface area (TPSA) is 41.8 Å². The normalized spacial score (nSPS) is 10.9. The summed E-state index contributed by atoms with van der Waals surface area (Å²) in [5.74, 6) is 1.77. The lowest BCUT2D eigenvalue weighted by Crippen LogP contribution is -2.38. The van der Waals surface area contributed by atoms with E-state index in [9.17, 15) is 0 Å². The number of rotatable bonds is 6. The van der Waals surface area contributed by atoms with Crippen LogP contribution in [0.1, 0.15) is 18.2 Å². The first-order valence-corrected chi connectivity index (χ1v) is 7.87. The van der Waals surface area contributed by atoms with E-state index in [1.807, 2.05) is 26.1 Å². The van der Waals surface area contributed by atoms with Gasteiger partial charge in [-0.1, -0.05) is 12.1 Å². The molecule has 0 aliphatic heterocycles. The summed E-state index contributed by atoms with van der Waals surface area (Å²) < 4.78 is 7.66. The number of benzene rings is 1. The van der Waals surface area contributed by atoms with Crippen molar-refractivity contribution in [1.82, 2.24) is 14.8 Å². The zero-order chi connectivity index (χ0) is 16.7. The highest BCUT2D eigenvalue weighted by atomic mass is 127. The van der Waals surface area contributed by atoms with Crippen LogP contribution in [0.3, 0.4) is 0 Å². The van der Waals surface area contributed by atoms with E-state index in [0.29, 0.717) is 13.2 Å². The highest BCUT2D eigenvalue weighted by Gasteiger charge is 2.08. The van der Waals surface area contributed by atoms with Gasteiger partial charge in [-0.3, -0.25) is 4.99 Å². The van der Waals surface area contributed by atoms with E-state index in [1.54, 1.807) is 7.05 Å². The molecule has 0 spiro atoms. The van der Waals surface area contributed by atoms with E-state index in [-0.39, 0.29) is 24.0 Å². The summed E-state index contributed by atoms with van der Waals surface area (Å²) >= 11 is 0. The van der Waals surface area contributed by atoms with Gasteiger partial charge in [0.1, 0.15) is 5.75 Å². The number of nitrogens with one attached hydrogen (secondary N) is 1. The van der Waals surface area contributed by atoms with Crippen molar-refractivity contribution >= 4 is 29.9 Å². The second-order valence-electron chi connectivity index (χ2n) is 5.45. The zero-order valence-corrected chi connectivity index (χ0v) is 17.2. The van der Waals surface area contributed by atoms with Crippen molar-refractivity contribution in [3.63, 3.8) is 0 Å². The van der Waals surface area contributed by atoms with Gasteiger partial charge in [-0.05, 0) is 36.8 Å². The third kappa shape index (κ3) is 5.74. The van der Waals surface area contributed by atoms with Crippen LogP contribution in [0.4, 0.5) is 0 Å². The minimum Gasteiger partial charge on any atom is -0.494 e. The predicted octanol–water partition coefficient (Wildman–Crippen LogP) is 3.25. The standard InChI is InChI=1S/C18H26N4O.HI/c1-5-23-17-10-6-8-15(12-17)13-20-18(19-2)22(4)14-16-9-7-11-21(16)3;/h6-12H,5,13-14H2,1-4H3,(H,19,20);1H. The van der Waals surface area contributed by atoms with E-state index in [2.05, 4.69) is 57.3 Å². The van der Waals surface area contributed by atoms with Crippen LogP contribution in [0.25, 0.3) is 0 Å². The number of nitrogens with zero attached hydrogens (tertiary/aromatic N) is 3. The Kier molecular flexibility index (Phi) is 8.67. The summed E-state index contributed by atoms with van der Waals surface area (Å²) in [5.41, 5.74) is 2.41. The Labute approximate surface area is 161 Å². The number of aliphatic imine (C=N–C) groups is 1. The Balaban J connectivity index is 0.00000288. The summed E-state index contributed by atoms with van der Waals surface area (Å²) in [6, 6.07) is 12.3. The third-order valence-electron chi connectivity index (χ3n) is 3.68. The zero-order valence-electron chi connectivity index (χ0n) is 14.8. The second-order valence-corrected chi connectivity index (χ2v) is 5.45. The number of ether oxygens (including phenoxy) is 1. The molecule has 2 aromatic rings. The van der Waals surface area contributed by atoms with E-state index >= 15 is 0 Å². The molecule has 0 saturated carbocycles. The smallest absolute Gasteiger partial charge is 0.194 e. The summed E-state index contributed by atoms with van der Waals surface area (Å²) in [6.45, 7) is 4.19. The molecule has 0 radical (unpaired) electrons. The van der Waals surface area contributed by atoms with Crippen molar-refractivity contribution in [2.24, 2.45) is 12.0 Å². The van der Waals surface area contributed by atoms with Crippen LogP contribution in [0.5, 0.6) is 5.75 Å². The van der Waals surface area contributed by atoms with Gasteiger partial charge in [-0.15, -0.1) is 24.0 Å². The maximum atomic E-state index is 5.54. The molecule has 0 amide bonds. The molecule has 2 rings (SSSR count). The van der Waals surface area contributed by atoms with Gasteiger partial charge >= 0.3 is 0 Å². The molecule has 5 nitrogen and oxygen atoms in total. The van der Waals surface area contributed by atoms with E-state index in [4.69, 9.17) is 4.74 Å². The van der Waals surface area contributed by atoms with Gasteiger partial charge < -0.3 is 19.5 Å². The molecule has 24 heavy (non-hydrogen) atoms. The van der Waals surface area contributed by atoms with E-state index < -0.39 is 0 Å². The monoisotopic (exact) mass is 442 g/mol. The molecule has 1 aromatic carbocycles. The largest absolute Gasteiger partial charge is 0.494 e. The lowest BCUT2D eigenvalue weighted by Gasteiger charge is -2.22. The summed E-state index contributed by atoms with van der Waals surface area (Å²) in [6.07, 6.45) is 2.05. The average Bonchev–Trinajstić information content (AvgIpc) is 2.94. The van der Waals surface area contributed by atoms with Crippen molar-refractivity contribution in [1.29, 1.82) is 0 Å². The molecule has 0 bridgehead atoms. The number of aryl methyl sites for hydroxylation is 1. The van der Waals surface area contributed by atoms with Gasteiger partial charge in [0.15, 0.2) is 5.96 Å². The van der Waals surface area contributed by atoms with Crippen molar-refractivity contribution in [3.05, 3.63) is 53.9 Å². The SMILES string of the molecule is CCOc1cccc(CNC(=NC)N(C)Cc2cccn2C)c1.I. The lowest BCUT2D eigenvalue weighted by molar-refractivity contribution is 0.340. The molecular formula is C18H27IN4O. The maximum absolute atomic E-state index is 5.54. The highest BCUT2D eigenvalue weighted by molar-refractivity contribution is 14.0. The highest BCUT2D eigenvalue weighted by Crippen LogP contribution is 2.13. The first-order valence-electron chi connectivity index (χ1n) is 7.87. The Morgan fingerprint density at radius 3 is 2.71 bits per heavy atom. The average molecular weight is 442 g/mol. The Hall–Kier alpha value is -1.70. The van der Waals surface area contributed by atoms with Crippen LogP contribution in [0.15, 0.2) is 47.6 Å². The molecule has 1 N–H and O–H groups in total. The van der Waals surface area contributed by atoms with Gasteiger partial charge in [0.05, 0.1) is 13.2 Å². The molecule has 0 atom stereocenters. The number of hydrogen-bond acceptors (Lipinski definition) is 2. The fraction of sp³-hybridized carbons (Fsp3) is 0.389. The molecule has 1 aromatic heterocycles. The van der Waals surface area contributed by atoms with E-state index in [0.717, 1.165) is 18.3 Å². The predicted molar refractivity (Wildman–Crippen MR) is 110 cm³/mol. The number of halogens is 1. The molecular weight excluding hydrogens is 415 g/mol. The molecule has 6 heteroatoms. The summed E-state index contributed by atoms with van der Waals surface area (Å²) in [7, 11) is 5.90. The molecule has 0 aliphatic carbocycles. The fourth-order valence-electron chi connectivity index (χ4n) is 2.46. The first kappa shape index (κ1) is 20.3. The van der Waals surface area contributed by atoms with Crippen LogP contribution in [0.2, 0.25) is 0 Å². The van der Waals surface area contributed by atoms with Crippen LogP contribution in [0, 0.1) is 0 Å². The van der Waals surface area contributed by atoms with Crippen molar-refractivity contribution in [2.75, 3.05) is 20.7 Å². The van der Waals surface area contributed by atoms with Crippen molar-refractivity contribution in [3.8, 4) is 5.75 Å². The van der Waals surface area contributed by atoms with Gasteiger partial charge in [-0.2, -0.15) is 0 Å². The molecule has 0 saturated heterocycles. The maximum Gasteiger partial charge on any atom is 0.194 e. The number of hydrogen-bond donors (Lipinski definition) is 1. The van der Waals surface area contributed by atoms with Crippen LogP contribution in [-0.4, -0.2) is 36.1 Å². The number of guanidine groups is 1. The quantitative estimate of drug-likeness (QED) is 0.425. The summed E-state index contributed by atoms with van der Waals surface area (Å²) in [5, 5.41) is 3.40. The lowest BCUT2D eigenvalue weighted by atomic mass is 10.2. The van der Waals surface area contributed by atoms with Crippen molar-refractivity contribution < 1.29 is 4.74 Å². The summed E-state index contributed by atoms with van der Waals surface area (Å²) in [4.78, 5) is 6.48. The Morgan fingerprint density at radius 1 is 1.29 bits per heavy atom. The van der Waals surface area contributed by atoms with Crippen LogP contribution >= 0.6 is 24.0 Å². The molecule has 0 unspecified atom stereocenters. The Morgan fingerprint density at radius 2 is 2.08 bits per heavy atom. The van der Waals surface area contributed by atoms with Gasteiger partial charge in [0.2, 0.25) is 0 Å². The number of aromatic nitrogens is 1. The Bertz CT molecular complexity index is 654. The molecule has 132 valence electrons. The minimum atomic E-state index is 0. The van der Waals surface area contributed by atoms with Crippen LogP contribution < -0.4 is 10.1 Å². The third-order valence-corrected chi connectivity index (χ3v) is 3.68. The molecule has 0 aliphatic rings. The van der Waals surface area contributed by atoms with Crippen LogP contribution in [-0.2, 0) is 20.1 Å². The van der Waals surface area contributed by atoms with Gasteiger partial charge in [0, 0.05) is 39.6 Å². The second kappa shape index (κ2) is 10.2. The minimum absolute atomic E-state index is 0. The molecule has 0 fully saturated rings. The van der Waals surface area contributed by atoms with Crippen molar-refractivity contribution in [2.45, 2.75) is 20.0 Å². The first-order chi connectivity index (χ1) is 11.1. The van der Waals surface area contributed by atoms with E-state index in [1.165, 1.54) is 11.3 Å². The van der Waals surface area contributed by atoms with Gasteiger partial charge in [0.25, 0.3) is 0 Å². The fourth-order valence-corrected chi connectivity index (χ4v) is 2.46.